The monoisotopic (exact) mass is 582 g/mol. The zero-order valence-electron chi connectivity index (χ0n) is 24.9. The molecule has 8 aromatic rings. The summed E-state index contributed by atoms with van der Waals surface area (Å²) in [6.07, 6.45) is 0. The first kappa shape index (κ1) is 24.4. The van der Waals surface area contributed by atoms with E-state index in [0.29, 0.717) is 0 Å². The number of benzene rings is 8. The van der Waals surface area contributed by atoms with Gasteiger partial charge < -0.3 is 4.74 Å². The number of ether oxygens (including phenoxy) is 1. The molecule has 0 atom stereocenters. The van der Waals surface area contributed by atoms with Gasteiger partial charge in [0.15, 0.2) is 0 Å². The maximum atomic E-state index is 6.59. The zero-order valence-corrected chi connectivity index (χ0v) is 24.9. The van der Waals surface area contributed by atoms with Gasteiger partial charge in [-0.3, -0.25) is 0 Å². The molecule has 1 nitrogen and oxygen atoms in total. The molecule has 1 heterocycles. The van der Waals surface area contributed by atoms with Gasteiger partial charge in [-0.2, -0.15) is 0 Å². The van der Waals surface area contributed by atoms with E-state index in [9.17, 15) is 0 Å². The van der Waals surface area contributed by atoms with Crippen molar-refractivity contribution in [1.82, 2.24) is 0 Å². The average molecular weight is 583 g/mol. The minimum Gasteiger partial charge on any atom is -0.456 e. The van der Waals surface area contributed by atoms with Crippen LogP contribution in [0.5, 0.6) is 11.5 Å². The Kier molecular flexibility index (Phi) is 4.57. The summed E-state index contributed by atoms with van der Waals surface area (Å²) in [4.78, 5) is 0. The van der Waals surface area contributed by atoms with Crippen LogP contribution in [0, 0.1) is 0 Å². The lowest BCUT2D eigenvalue weighted by Crippen LogP contribution is -2.25. The highest BCUT2D eigenvalue weighted by Crippen LogP contribution is 2.64. The van der Waals surface area contributed by atoms with Crippen LogP contribution in [0.3, 0.4) is 0 Å². The van der Waals surface area contributed by atoms with Crippen molar-refractivity contribution < 1.29 is 4.74 Å². The third kappa shape index (κ3) is 2.87. The molecule has 0 saturated heterocycles. The molecule has 2 aliphatic carbocycles. The third-order valence-corrected chi connectivity index (χ3v) is 10.7. The normalized spacial score (nSPS) is 14.0. The predicted molar refractivity (Wildman–Crippen MR) is 189 cm³/mol. The van der Waals surface area contributed by atoms with Crippen LogP contribution in [0.2, 0.25) is 0 Å². The molecule has 0 N–H and O–H groups in total. The summed E-state index contributed by atoms with van der Waals surface area (Å²) in [5, 5.41) is 4.96. The minimum absolute atomic E-state index is 0.407. The second-order valence-corrected chi connectivity index (χ2v) is 12.8. The Morgan fingerprint density at radius 2 is 1.02 bits per heavy atom. The van der Waals surface area contributed by atoms with E-state index in [1.165, 1.54) is 82.7 Å². The Hall–Kier alpha value is -5.92. The van der Waals surface area contributed by atoms with Crippen molar-refractivity contribution in [1.29, 1.82) is 0 Å². The molecule has 0 bridgehead atoms. The summed E-state index contributed by atoms with van der Waals surface area (Å²) in [5.41, 5.74) is 15.1. The highest BCUT2D eigenvalue weighted by molar-refractivity contribution is 6.09. The number of rotatable bonds is 1. The van der Waals surface area contributed by atoms with Crippen LogP contribution in [0.25, 0.3) is 66.1 Å². The molecule has 46 heavy (non-hydrogen) atoms. The van der Waals surface area contributed by atoms with Crippen LogP contribution in [-0.4, -0.2) is 0 Å². The fraction of sp³-hybridized carbons (Fsp3) is 0.0222. The van der Waals surface area contributed by atoms with Gasteiger partial charge in [-0.1, -0.05) is 140 Å². The van der Waals surface area contributed by atoms with Gasteiger partial charge in [-0.05, 0) is 95.6 Å². The number of fused-ring (bicyclic) bond motifs is 14. The van der Waals surface area contributed by atoms with E-state index in [2.05, 4.69) is 158 Å². The first-order valence-corrected chi connectivity index (χ1v) is 16.0. The Bertz CT molecular complexity index is 2570. The Morgan fingerprint density at radius 1 is 0.370 bits per heavy atom. The molecule has 0 unspecified atom stereocenters. The smallest absolute Gasteiger partial charge is 0.135 e. The lowest BCUT2D eigenvalue weighted by atomic mass is 9.70. The first-order chi connectivity index (χ1) is 22.8. The van der Waals surface area contributed by atoms with Gasteiger partial charge in [0, 0.05) is 10.9 Å². The highest BCUT2D eigenvalue weighted by Gasteiger charge is 2.52. The summed E-state index contributed by atoms with van der Waals surface area (Å²) in [6.45, 7) is 0. The van der Waals surface area contributed by atoms with E-state index in [1.54, 1.807) is 0 Å². The molecule has 11 rings (SSSR count). The van der Waals surface area contributed by atoms with E-state index in [4.69, 9.17) is 4.74 Å². The number of hydrogen-bond acceptors (Lipinski definition) is 1. The summed E-state index contributed by atoms with van der Waals surface area (Å²) in [7, 11) is 0. The minimum atomic E-state index is -0.407. The standard InChI is InChI=1S/C45H26O/c1-2-13-30-27(10-1)23-25-38-43(30)34-24-22-29(26-39(34)45(38)36-18-5-3-14-32(36)33-15-4-6-19-37(33)45)31-16-9-21-41-44(31)35-17-7-11-28-12-8-20-40(46-41)42(28)35/h1-26H. The highest BCUT2D eigenvalue weighted by atomic mass is 16.5. The van der Waals surface area contributed by atoms with Crippen molar-refractivity contribution in [3.63, 3.8) is 0 Å². The molecule has 0 radical (unpaired) electrons. The van der Waals surface area contributed by atoms with Gasteiger partial charge in [-0.25, -0.2) is 0 Å². The van der Waals surface area contributed by atoms with Gasteiger partial charge in [0.05, 0.1) is 5.41 Å². The Balaban J connectivity index is 1.25. The molecule has 3 aliphatic rings. The van der Waals surface area contributed by atoms with Gasteiger partial charge in [0.2, 0.25) is 0 Å². The van der Waals surface area contributed by atoms with Crippen LogP contribution < -0.4 is 4.74 Å². The maximum Gasteiger partial charge on any atom is 0.135 e. The number of hydrogen-bond donors (Lipinski definition) is 0. The van der Waals surface area contributed by atoms with Crippen LogP contribution in [0.15, 0.2) is 158 Å². The van der Waals surface area contributed by atoms with E-state index in [-0.39, 0.29) is 0 Å². The third-order valence-electron chi connectivity index (χ3n) is 10.7. The fourth-order valence-electron chi connectivity index (χ4n) is 8.93. The molecule has 8 aromatic carbocycles. The molecule has 1 spiro atoms. The van der Waals surface area contributed by atoms with E-state index < -0.39 is 5.41 Å². The summed E-state index contributed by atoms with van der Waals surface area (Å²) in [5.74, 6) is 1.83. The summed E-state index contributed by atoms with van der Waals surface area (Å²) < 4.78 is 6.59. The van der Waals surface area contributed by atoms with E-state index in [0.717, 1.165) is 17.1 Å². The molecule has 0 fully saturated rings. The molecule has 1 heteroatoms. The first-order valence-electron chi connectivity index (χ1n) is 16.0. The van der Waals surface area contributed by atoms with Gasteiger partial charge in [0.1, 0.15) is 11.5 Å². The topological polar surface area (TPSA) is 9.23 Å². The van der Waals surface area contributed by atoms with Crippen molar-refractivity contribution in [2.75, 3.05) is 0 Å². The fourth-order valence-corrected chi connectivity index (χ4v) is 8.93. The van der Waals surface area contributed by atoms with Crippen LogP contribution >= 0.6 is 0 Å². The van der Waals surface area contributed by atoms with Crippen molar-refractivity contribution in [3.8, 4) is 56.0 Å². The van der Waals surface area contributed by atoms with Crippen molar-refractivity contribution in [2.24, 2.45) is 0 Å². The molecule has 1 aliphatic heterocycles. The second kappa shape index (κ2) is 8.62. The van der Waals surface area contributed by atoms with E-state index in [1.807, 2.05) is 0 Å². The molecular weight excluding hydrogens is 556 g/mol. The van der Waals surface area contributed by atoms with Crippen LogP contribution in [0.1, 0.15) is 22.3 Å². The molecule has 212 valence electrons. The largest absolute Gasteiger partial charge is 0.456 e. The van der Waals surface area contributed by atoms with Crippen molar-refractivity contribution >= 4 is 21.5 Å². The van der Waals surface area contributed by atoms with Crippen molar-refractivity contribution in [2.45, 2.75) is 5.41 Å². The van der Waals surface area contributed by atoms with Crippen LogP contribution in [0.4, 0.5) is 0 Å². The lowest BCUT2D eigenvalue weighted by Gasteiger charge is -2.31. The van der Waals surface area contributed by atoms with E-state index >= 15 is 0 Å². The molecule has 0 amide bonds. The summed E-state index contributed by atoms with van der Waals surface area (Å²) >= 11 is 0. The SMILES string of the molecule is c1ccc2c(c1)-c1ccccc1C21c2cc(-c3cccc4c3-c3cccc5cccc(c35)O4)ccc2-c2c1ccc1ccccc21. The zero-order chi connectivity index (χ0) is 30.0. The quantitative estimate of drug-likeness (QED) is 0.187. The Morgan fingerprint density at radius 3 is 1.87 bits per heavy atom. The van der Waals surface area contributed by atoms with Gasteiger partial charge >= 0.3 is 0 Å². The Labute approximate surface area is 267 Å². The molecule has 0 saturated carbocycles. The van der Waals surface area contributed by atoms with Gasteiger partial charge in [0.25, 0.3) is 0 Å². The maximum absolute atomic E-state index is 6.59. The van der Waals surface area contributed by atoms with Crippen LogP contribution in [-0.2, 0) is 5.41 Å². The second-order valence-electron chi connectivity index (χ2n) is 12.8. The van der Waals surface area contributed by atoms with Crippen molar-refractivity contribution in [3.05, 3.63) is 180 Å². The lowest BCUT2D eigenvalue weighted by molar-refractivity contribution is 0.487. The molecular formula is C45H26O. The average Bonchev–Trinajstić information content (AvgIpc) is 3.59. The predicted octanol–water partition coefficient (Wildman–Crippen LogP) is 11.8. The molecule has 0 aromatic heterocycles. The van der Waals surface area contributed by atoms with Gasteiger partial charge in [-0.15, -0.1) is 0 Å². The summed E-state index contributed by atoms with van der Waals surface area (Å²) in [6, 6.07) is 58.2.